The number of cyclic esters (lactones) is 1. The Bertz CT molecular complexity index is 1710. The highest BCUT2D eigenvalue weighted by Crippen LogP contribution is 2.39. The Kier molecular flexibility index (Phi) is 9.60. The minimum absolute atomic E-state index is 0.0414. The lowest BCUT2D eigenvalue weighted by Gasteiger charge is -2.51. The number of nitrogens with one attached hydrogen (secondary N) is 1. The summed E-state index contributed by atoms with van der Waals surface area (Å²) in [6.45, 7) is 3.89. The van der Waals surface area contributed by atoms with Crippen molar-refractivity contribution in [2.24, 2.45) is 0 Å². The van der Waals surface area contributed by atoms with Gasteiger partial charge in [0.25, 0.3) is 5.91 Å². The van der Waals surface area contributed by atoms with Gasteiger partial charge >= 0.3 is 18.2 Å². The van der Waals surface area contributed by atoms with E-state index in [1.165, 1.54) is 4.90 Å². The fourth-order valence-electron chi connectivity index (χ4n) is 5.66. The number of halogens is 4. The van der Waals surface area contributed by atoms with Crippen LogP contribution in [0.3, 0.4) is 0 Å². The Morgan fingerprint density at radius 1 is 0.979 bits per heavy atom. The summed E-state index contributed by atoms with van der Waals surface area (Å²) >= 11 is 0. The number of hydrogen-bond donors (Lipinski definition) is 1. The second kappa shape index (κ2) is 13.5. The van der Waals surface area contributed by atoms with Crippen molar-refractivity contribution in [3.05, 3.63) is 113 Å². The van der Waals surface area contributed by atoms with Crippen LogP contribution in [0, 0.1) is 5.82 Å². The van der Waals surface area contributed by atoms with E-state index in [0.717, 1.165) is 22.6 Å². The normalized spacial score (nSPS) is 20.4. The van der Waals surface area contributed by atoms with Gasteiger partial charge in [-0.15, -0.1) is 0 Å². The first kappa shape index (κ1) is 34.1. The first-order valence-electron chi connectivity index (χ1n) is 15.1. The SMILES string of the molecule is CC(C)(C)OC(=O)C(C(=O)NCc1cccc(C(F)(F)F)c1F)N1C(=O)C(N2C(=O)OC[C@@H]2c2ccccc2)C1C=Cc1ccccc1. The number of alkyl halides is 3. The molecular formula is C35H33F4N3O6. The van der Waals surface area contributed by atoms with E-state index >= 15 is 0 Å². The van der Waals surface area contributed by atoms with Gasteiger partial charge < -0.3 is 19.7 Å². The minimum Gasteiger partial charge on any atom is -0.458 e. The van der Waals surface area contributed by atoms with Crippen molar-refractivity contribution in [1.29, 1.82) is 0 Å². The number of likely N-dealkylation sites (tertiary alicyclic amines) is 1. The molecule has 3 unspecified atom stereocenters. The molecular weight excluding hydrogens is 634 g/mol. The second-order valence-corrected chi connectivity index (χ2v) is 12.3. The van der Waals surface area contributed by atoms with Crippen molar-refractivity contribution >= 4 is 30.0 Å². The molecule has 0 saturated carbocycles. The van der Waals surface area contributed by atoms with Crippen LogP contribution in [-0.4, -0.2) is 64.0 Å². The molecule has 2 saturated heterocycles. The molecule has 2 fully saturated rings. The molecule has 0 bridgehead atoms. The lowest BCUT2D eigenvalue weighted by atomic mass is 9.88. The zero-order valence-corrected chi connectivity index (χ0v) is 26.2. The van der Waals surface area contributed by atoms with Crippen LogP contribution >= 0.6 is 0 Å². The monoisotopic (exact) mass is 667 g/mol. The Balaban J connectivity index is 1.51. The van der Waals surface area contributed by atoms with Crippen molar-refractivity contribution in [3.8, 4) is 0 Å². The molecule has 0 aliphatic carbocycles. The molecule has 0 radical (unpaired) electrons. The number of esters is 1. The average molecular weight is 668 g/mol. The van der Waals surface area contributed by atoms with E-state index in [2.05, 4.69) is 5.32 Å². The maximum absolute atomic E-state index is 14.8. The van der Waals surface area contributed by atoms with E-state index < -0.39 is 83.3 Å². The highest BCUT2D eigenvalue weighted by atomic mass is 19.4. The fraction of sp³-hybridized carbons (Fsp3) is 0.314. The van der Waals surface area contributed by atoms with E-state index in [4.69, 9.17) is 9.47 Å². The summed E-state index contributed by atoms with van der Waals surface area (Å²) in [7, 11) is 0. The van der Waals surface area contributed by atoms with E-state index in [9.17, 15) is 36.7 Å². The van der Waals surface area contributed by atoms with Gasteiger partial charge in [0.05, 0.1) is 17.6 Å². The van der Waals surface area contributed by atoms with Crippen LogP contribution in [-0.2, 0) is 36.6 Å². The van der Waals surface area contributed by atoms with Gasteiger partial charge in [0.1, 0.15) is 24.1 Å². The van der Waals surface area contributed by atoms with Crippen LogP contribution in [0.15, 0.2) is 84.9 Å². The summed E-state index contributed by atoms with van der Waals surface area (Å²) in [5.74, 6) is -4.59. The number of carbonyl (C=O) groups is 4. The van der Waals surface area contributed by atoms with Crippen LogP contribution < -0.4 is 5.32 Å². The molecule has 2 aliphatic heterocycles. The summed E-state index contributed by atoms with van der Waals surface area (Å²) in [5.41, 5.74) is -1.69. The molecule has 2 heterocycles. The van der Waals surface area contributed by atoms with Crippen LogP contribution in [0.4, 0.5) is 22.4 Å². The van der Waals surface area contributed by atoms with Crippen molar-refractivity contribution in [3.63, 3.8) is 0 Å². The Morgan fingerprint density at radius 3 is 2.25 bits per heavy atom. The number of carbonyl (C=O) groups excluding carboxylic acids is 4. The highest BCUT2D eigenvalue weighted by molar-refractivity contribution is 6.08. The molecule has 2 aliphatic rings. The van der Waals surface area contributed by atoms with E-state index in [1.807, 2.05) is 0 Å². The van der Waals surface area contributed by atoms with Crippen LogP contribution in [0.2, 0.25) is 0 Å². The van der Waals surface area contributed by atoms with Crippen molar-refractivity contribution in [1.82, 2.24) is 15.1 Å². The Morgan fingerprint density at radius 2 is 1.62 bits per heavy atom. The number of ether oxygens (including phenoxy) is 2. The third-order valence-corrected chi connectivity index (χ3v) is 7.83. The van der Waals surface area contributed by atoms with Crippen molar-refractivity contribution in [2.75, 3.05) is 6.61 Å². The van der Waals surface area contributed by atoms with Gasteiger partial charge in [-0.25, -0.2) is 14.0 Å². The maximum Gasteiger partial charge on any atom is 0.419 e. The first-order chi connectivity index (χ1) is 22.7. The standard InChI is InChI=1S/C35H33F4N3O6/c1-34(2,3)48-32(45)29(30(43)40-19-23-15-10-16-24(27(23)36)35(37,38)39)41-25(18-17-21-11-6-4-7-12-21)28(31(41)44)42-26(20-47-33(42)46)22-13-8-5-9-14-22/h4-18,25-26,28-29H,19-20H2,1-3H3,(H,40,43)/t25?,26-,28?,29?/m1/s1. The number of benzene rings is 3. The molecule has 0 spiro atoms. The number of β-lactam (4-membered cyclic amide) rings is 1. The highest BCUT2D eigenvalue weighted by Gasteiger charge is 2.60. The minimum atomic E-state index is -4.98. The molecule has 13 heteroatoms. The Labute approximate surface area is 274 Å². The van der Waals surface area contributed by atoms with Gasteiger partial charge in [0.15, 0.2) is 0 Å². The molecule has 3 aromatic rings. The van der Waals surface area contributed by atoms with Gasteiger partial charge in [-0.05, 0) is 38.0 Å². The summed E-state index contributed by atoms with van der Waals surface area (Å²) < 4.78 is 65.6. The Hall–Kier alpha value is -5.20. The molecule has 3 amide bonds. The van der Waals surface area contributed by atoms with Crippen LogP contribution in [0.25, 0.3) is 6.08 Å². The summed E-state index contributed by atoms with van der Waals surface area (Å²) in [6, 6.07) is 15.6. The van der Waals surface area contributed by atoms with Gasteiger partial charge in [-0.1, -0.05) is 84.9 Å². The molecule has 5 rings (SSSR count). The van der Waals surface area contributed by atoms with Crippen molar-refractivity contribution in [2.45, 2.75) is 63.3 Å². The van der Waals surface area contributed by atoms with Gasteiger partial charge in [-0.3, -0.25) is 14.5 Å². The van der Waals surface area contributed by atoms with Gasteiger partial charge in [-0.2, -0.15) is 13.2 Å². The third kappa shape index (κ3) is 7.19. The zero-order valence-electron chi connectivity index (χ0n) is 26.2. The predicted octanol–water partition coefficient (Wildman–Crippen LogP) is 5.66. The lowest BCUT2D eigenvalue weighted by molar-refractivity contribution is -0.179. The van der Waals surface area contributed by atoms with Gasteiger partial charge in [0.2, 0.25) is 11.9 Å². The van der Waals surface area contributed by atoms with E-state index in [-0.39, 0.29) is 6.61 Å². The van der Waals surface area contributed by atoms with E-state index in [1.54, 1.807) is 93.6 Å². The molecule has 48 heavy (non-hydrogen) atoms. The topological polar surface area (TPSA) is 105 Å². The number of hydrogen-bond acceptors (Lipinski definition) is 6. The summed E-state index contributed by atoms with van der Waals surface area (Å²) in [4.78, 5) is 56.7. The molecule has 0 aromatic heterocycles. The molecule has 9 nitrogen and oxygen atoms in total. The second-order valence-electron chi connectivity index (χ2n) is 12.3. The maximum atomic E-state index is 14.8. The summed E-state index contributed by atoms with van der Waals surface area (Å²) in [6.07, 6.45) is -2.50. The van der Waals surface area contributed by atoms with E-state index in [0.29, 0.717) is 11.6 Å². The average Bonchev–Trinajstić information content (AvgIpc) is 3.40. The third-order valence-electron chi connectivity index (χ3n) is 7.83. The van der Waals surface area contributed by atoms with Crippen LogP contribution in [0.5, 0.6) is 0 Å². The van der Waals surface area contributed by atoms with Gasteiger partial charge in [0, 0.05) is 12.1 Å². The zero-order chi connectivity index (χ0) is 34.8. The molecule has 3 aromatic carbocycles. The molecule has 252 valence electrons. The number of amides is 3. The van der Waals surface area contributed by atoms with Crippen molar-refractivity contribution < 1.29 is 46.2 Å². The first-order valence-corrected chi connectivity index (χ1v) is 15.1. The number of nitrogens with zero attached hydrogens (tertiary/aromatic N) is 2. The lowest BCUT2D eigenvalue weighted by Crippen LogP contribution is -2.75. The molecule has 4 atom stereocenters. The number of rotatable bonds is 9. The fourth-order valence-corrected chi connectivity index (χ4v) is 5.66. The summed E-state index contributed by atoms with van der Waals surface area (Å²) in [5, 5.41) is 2.31. The van der Waals surface area contributed by atoms with Crippen LogP contribution in [0.1, 0.15) is 49.1 Å². The quantitative estimate of drug-likeness (QED) is 0.137. The smallest absolute Gasteiger partial charge is 0.419 e. The largest absolute Gasteiger partial charge is 0.458 e. The predicted molar refractivity (Wildman–Crippen MR) is 165 cm³/mol. The molecule has 1 N–H and O–H groups in total.